The molecule has 228 valence electrons. The van der Waals surface area contributed by atoms with Crippen LogP contribution in [0.25, 0.3) is 0 Å². The molecule has 0 aromatic rings. The van der Waals surface area contributed by atoms with Crippen molar-refractivity contribution in [2.75, 3.05) is 13.2 Å². The molecule has 0 aliphatic heterocycles. The zero-order valence-corrected chi connectivity index (χ0v) is 23.4. The maximum Gasteiger partial charge on any atom is 0.305 e. The fourth-order valence-electron chi connectivity index (χ4n) is 3.53. The summed E-state index contributed by atoms with van der Waals surface area (Å²) < 4.78 is 0. The van der Waals surface area contributed by atoms with E-state index in [1.54, 1.807) is 27.7 Å². The molecule has 0 saturated heterocycles. The van der Waals surface area contributed by atoms with Gasteiger partial charge in [-0.2, -0.15) is 0 Å². The second-order valence-corrected chi connectivity index (χ2v) is 10.1. The number of rotatable bonds is 18. The smallest absolute Gasteiger partial charge is 0.305 e. The Morgan fingerprint density at radius 1 is 0.600 bits per heavy atom. The third kappa shape index (κ3) is 13.8. The summed E-state index contributed by atoms with van der Waals surface area (Å²) in [6.45, 7) is 6.42. The molecule has 16 heteroatoms. The number of nitrogens with two attached hydrogens (primary N) is 1. The van der Waals surface area contributed by atoms with Gasteiger partial charge in [0.15, 0.2) is 0 Å². The summed E-state index contributed by atoms with van der Waals surface area (Å²) in [5, 5.41) is 39.7. The highest BCUT2D eigenvalue weighted by Crippen LogP contribution is 2.07. The molecule has 0 bridgehead atoms. The number of carbonyl (C=O) groups is 7. The van der Waals surface area contributed by atoms with Crippen LogP contribution >= 0.6 is 0 Å². The van der Waals surface area contributed by atoms with Crippen molar-refractivity contribution in [1.82, 2.24) is 26.6 Å². The fourth-order valence-corrected chi connectivity index (χ4v) is 3.53. The minimum atomic E-state index is -1.72. The summed E-state index contributed by atoms with van der Waals surface area (Å²) in [5.41, 5.74) is 5.29. The van der Waals surface area contributed by atoms with Gasteiger partial charge < -0.3 is 47.6 Å². The Labute approximate surface area is 232 Å². The molecule has 10 N–H and O–H groups in total. The molecule has 5 atom stereocenters. The number of amides is 6. The van der Waals surface area contributed by atoms with Crippen molar-refractivity contribution >= 4 is 41.4 Å². The predicted molar refractivity (Wildman–Crippen MR) is 140 cm³/mol. The zero-order valence-electron chi connectivity index (χ0n) is 23.4. The molecule has 0 aliphatic carbocycles. The summed E-state index contributed by atoms with van der Waals surface area (Å²) in [6.07, 6.45) is -0.510. The lowest BCUT2D eigenvalue weighted by atomic mass is 10.0. The van der Waals surface area contributed by atoms with Crippen molar-refractivity contribution in [2.45, 2.75) is 84.1 Å². The van der Waals surface area contributed by atoms with E-state index in [1.807, 2.05) is 0 Å². The van der Waals surface area contributed by atoms with Gasteiger partial charge in [-0.1, -0.05) is 27.7 Å². The van der Waals surface area contributed by atoms with Crippen molar-refractivity contribution in [3.63, 3.8) is 0 Å². The van der Waals surface area contributed by atoms with Gasteiger partial charge in [-0.15, -0.1) is 0 Å². The molecule has 0 fully saturated rings. The van der Waals surface area contributed by atoms with Crippen molar-refractivity contribution < 1.29 is 48.9 Å². The molecule has 0 aromatic heterocycles. The van der Waals surface area contributed by atoms with Crippen molar-refractivity contribution in [2.24, 2.45) is 17.6 Å². The molecule has 16 nitrogen and oxygen atoms in total. The third-order valence-electron chi connectivity index (χ3n) is 5.41. The predicted octanol–water partition coefficient (Wildman–Crippen LogP) is -3.53. The van der Waals surface area contributed by atoms with Crippen LogP contribution in [0.15, 0.2) is 0 Å². The van der Waals surface area contributed by atoms with Gasteiger partial charge in [0.1, 0.15) is 30.2 Å². The van der Waals surface area contributed by atoms with Crippen molar-refractivity contribution in [3.8, 4) is 0 Å². The average molecular weight is 575 g/mol. The van der Waals surface area contributed by atoms with E-state index in [4.69, 9.17) is 5.73 Å². The average Bonchev–Trinajstić information content (AvgIpc) is 2.82. The van der Waals surface area contributed by atoms with Crippen LogP contribution in [0.4, 0.5) is 0 Å². The first-order valence-corrected chi connectivity index (χ1v) is 12.7. The normalized spacial score (nSPS) is 14.7. The Morgan fingerprint density at radius 2 is 0.950 bits per heavy atom. The van der Waals surface area contributed by atoms with Gasteiger partial charge in [0.2, 0.25) is 35.4 Å². The van der Waals surface area contributed by atoms with Crippen LogP contribution < -0.4 is 32.3 Å². The van der Waals surface area contributed by atoms with Gasteiger partial charge in [0.25, 0.3) is 0 Å². The van der Waals surface area contributed by atoms with Crippen LogP contribution in [-0.2, 0) is 33.6 Å². The van der Waals surface area contributed by atoms with Crippen LogP contribution in [0.3, 0.4) is 0 Å². The van der Waals surface area contributed by atoms with Gasteiger partial charge in [-0.25, -0.2) is 0 Å². The molecule has 0 rings (SSSR count). The van der Waals surface area contributed by atoms with Crippen LogP contribution in [0, 0.1) is 11.8 Å². The largest absolute Gasteiger partial charge is 0.481 e. The second-order valence-electron chi connectivity index (χ2n) is 10.1. The third-order valence-corrected chi connectivity index (χ3v) is 5.41. The second kappa shape index (κ2) is 17.7. The highest BCUT2D eigenvalue weighted by atomic mass is 16.4. The van der Waals surface area contributed by atoms with E-state index in [0.29, 0.717) is 0 Å². The lowest BCUT2D eigenvalue weighted by molar-refractivity contribution is -0.141. The highest BCUT2D eigenvalue weighted by Gasteiger charge is 2.33. The summed E-state index contributed by atoms with van der Waals surface area (Å²) >= 11 is 0. The first-order valence-electron chi connectivity index (χ1n) is 12.7. The Balaban J connectivity index is 5.57. The molecule has 6 amide bonds. The van der Waals surface area contributed by atoms with Crippen LogP contribution in [0.2, 0.25) is 0 Å². The number of carboxylic acids is 1. The molecule has 0 radical (unpaired) electrons. The Kier molecular flexibility index (Phi) is 16.0. The van der Waals surface area contributed by atoms with E-state index < -0.39 is 91.3 Å². The van der Waals surface area contributed by atoms with Crippen LogP contribution in [0.5, 0.6) is 0 Å². The monoisotopic (exact) mass is 574 g/mol. The fraction of sp³-hybridized carbons (Fsp3) is 0.708. The van der Waals surface area contributed by atoms with E-state index in [2.05, 4.69) is 26.6 Å². The van der Waals surface area contributed by atoms with Crippen molar-refractivity contribution in [3.05, 3.63) is 0 Å². The maximum atomic E-state index is 12.8. The minimum absolute atomic E-state index is 0.0212. The quantitative estimate of drug-likeness (QED) is 0.0778. The molecular weight excluding hydrogens is 532 g/mol. The number of hydrogen-bond acceptors (Lipinski definition) is 9. The zero-order chi connectivity index (χ0) is 31.2. The minimum Gasteiger partial charge on any atom is -0.481 e. The van der Waals surface area contributed by atoms with Gasteiger partial charge in [-0.3, -0.25) is 33.6 Å². The van der Waals surface area contributed by atoms with Gasteiger partial charge in [0.05, 0.1) is 19.6 Å². The summed E-state index contributed by atoms with van der Waals surface area (Å²) in [6, 6.07) is -7.14. The molecule has 0 heterocycles. The van der Waals surface area contributed by atoms with Crippen LogP contribution in [0.1, 0.15) is 53.9 Å². The highest BCUT2D eigenvalue weighted by molar-refractivity contribution is 5.97. The van der Waals surface area contributed by atoms with E-state index in [9.17, 15) is 48.9 Å². The van der Waals surface area contributed by atoms with E-state index in [0.717, 1.165) is 0 Å². The van der Waals surface area contributed by atoms with Crippen molar-refractivity contribution in [1.29, 1.82) is 0 Å². The molecule has 0 aromatic carbocycles. The Bertz CT molecular complexity index is 926. The molecule has 0 spiro atoms. The van der Waals surface area contributed by atoms with E-state index >= 15 is 0 Å². The molecule has 0 unspecified atom stereocenters. The number of carboxylic acid groups (broad SMARTS) is 1. The molecule has 0 aliphatic rings. The van der Waals surface area contributed by atoms with Gasteiger partial charge in [0, 0.05) is 6.92 Å². The number of aliphatic carboxylic acids is 1. The van der Waals surface area contributed by atoms with Gasteiger partial charge in [-0.05, 0) is 24.7 Å². The first-order chi connectivity index (χ1) is 18.5. The SMILES string of the molecule is CC(=O)N[C@@H](CC(C)C)C(=O)N[C@@H](CC(=O)O)C(=O)N[C@@H](CO)C(=O)N[C@@H](CO)C(=O)N[C@@H](CC(C)C)C(N)=O. The lowest BCUT2D eigenvalue weighted by Crippen LogP contribution is -2.60. The maximum absolute atomic E-state index is 12.8. The first kappa shape index (κ1) is 36.2. The van der Waals surface area contributed by atoms with E-state index in [-0.39, 0.29) is 24.7 Å². The summed E-state index contributed by atoms with van der Waals surface area (Å²) in [7, 11) is 0. The number of primary amides is 1. The number of aliphatic hydroxyl groups is 2. The molecule has 40 heavy (non-hydrogen) atoms. The van der Waals surface area contributed by atoms with E-state index in [1.165, 1.54) is 6.92 Å². The Morgan fingerprint density at radius 3 is 1.30 bits per heavy atom. The summed E-state index contributed by atoms with van der Waals surface area (Å²) in [5.74, 6) is -6.94. The molecule has 0 saturated carbocycles. The molecular formula is C24H42N6O10. The number of hydrogen-bond donors (Lipinski definition) is 9. The summed E-state index contributed by atoms with van der Waals surface area (Å²) in [4.78, 5) is 85.2. The number of carbonyl (C=O) groups excluding carboxylic acids is 6. The lowest BCUT2D eigenvalue weighted by Gasteiger charge is -2.26. The van der Waals surface area contributed by atoms with Crippen LogP contribution in [-0.4, -0.2) is 100 Å². The number of aliphatic hydroxyl groups excluding tert-OH is 2. The van der Waals surface area contributed by atoms with Gasteiger partial charge >= 0.3 is 5.97 Å². The topological polar surface area (TPSA) is 266 Å². The standard InChI is InChI=1S/C24H42N6O10/c1-11(2)6-14(20(25)36)27-23(39)17(9-31)30-24(40)18(10-32)29-22(38)16(8-19(34)35)28-21(37)15(7-12(3)4)26-13(5)33/h11-12,14-18,31-32H,6-10H2,1-5H3,(H2,25,36)(H,26,33)(H,27,39)(H,28,37)(H,29,38)(H,30,40)(H,34,35)/t14-,15-,16-,17-,18-/m0/s1. The number of nitrogens with one attached hydrogen (secondary N) is 5. The Hall–Kier alpha value is -3.79.